The highest BCUT2D eigenvalue weighted by atomic mass is 16.5. The summed E-state index contributed by atoms with van der Waals surface area (Å²) in [7, 11) is 1.73. The largest absolute Gasteiger partial charge is 0.385 e. The maximum atomic E-state index is 5.67. The maximum Gasteiger partial charge on any atom is 0.0593 e. The molecular weight excluding hydrogens is 264 g/mol. The van der Waals surface area contributed by atoms with Crippen LogP contribution in [0, 0.1) is 0 Å². The first-order valence-corrected chi connectivity index (χ1v) is 7.84. The smallest absolute Gasteiger partial charge is 0.0593 e. The molecule has 1 saturated heterocycles. The predicted octanol–water partition coefficient (Wildman–Crippen LogP) is 1.86. The molecule has 1 atom stereocenters. The normalized spacial score (nSPS) is 23.3. The van der Waals surface area contributed by atoms with Crippen LogP contribution in [0.15, 0.2) is 30.3 Å². The Morgan fingerprint density at radius 3 is 2.76 bits per heavy atom. The molecule has 0 saturated carbocycles. The summed E-state index contributed by atoms with van der Waals surface area (Å²) in [5.74, 6) is 0. The zero-order valence-corrected chi connectivity index (χ0v) is 13.3. The third-order valence-corrected chi connectivity index (χ3v) is 4.08. The predicted molar refractivity (Wildman–Crippen MR) is 85.5 cm³/mol. The van der Waals surface area contributed by atoms with Gasteiger partial charge >= 0.3 is 0 Å². The van der Waals surface area contributed by atoms with Gasteiger partial charge in [0.2, 0.25) is 0 Å². The Balaban J connectivity index is 1.76. The molecule has 21 heavy (non-hydrogen) atoms. The highest BCUT2D eigenvalue weighted by Gasteiger charge is 2.31. The lowest BCUT2D eigenvalue weighted by Gasteiger charge is -2.42. The van der Waals surface area contributed by atoms with Crippen molar-refractivity contribution in [2.24, 2.45) is 0 Å². The summed E-state index contributed by atoms with van der Waals surface area (Å²) >= 11 is 0. The Bertz CT molecular complexity index is 399. The summed E-state index contributed by atoms with van der Waals surface area (Å²) in [5.41, 5.74) is 1.39. The molecule has 1 aliphatic rings. The molecule has 1 aromatic carbocycles. The highest BCUT2D eigenvalue weighted by molar-refractivity contribution is 5.24. The van der Waals surface area contributed by atoms with Crippen molar-refractivity contribution in [2.75, 3.05) is 53.1 Å². The van der Waals surface area contributed by atoms with Crippen LogP contribution in [0.1, 0.15) is 18.9 Å². The van der Waals surface area contributed by atoms with E-state index in [1.807, 2.05) is 0 Å². The molecular formula is C17H28N2O2. The van der Waals surface area contributed by atoms with E-state index in [-0.39, 0.29) is 5.54 Å². The van der Waals surface area contributed by atoms with Crippen molar-refractivity contribution < 1.29 is 9.47 Å². The monoisotopic (exact) mass is 292 g/mol. The van der Waals surface area contributed by atoms with E-state index in [1.54, 1.807) is 7.11 Å². The Morgan fingerprint density at radius 2 is 2.00 bits per heavy atom. The van der Waals surface area contributed by atoms with Gasteiger partial charge in [-0.15, -0.1) is 0 Å². The van der Waals surface area contributed by atoms with E-state index in [9.17, 15) is 0 Å². The molecule has 4 heteroatoms. The average molecular weight is 292 g/mol. The molecule has 0 bridgehead atoms. The van der Waals surface area contributed by atoms with Gasteiger partial charge in [-0.2, -0.15) is 0 Å². The maximum absolute atomic E-state index is 5.67. The topological polar surface area (TPSA) is 33.7 Å². The van der Waals surface area contributed by atoms with Gasteiger partial charge in [-0.25, -0.2) is 0 Å². The number of rotatable bonds is 8. The van der Waals surface area contributed by atoms with Crippen molar-refractivity contribution >= 4 is 0 Å². The van der Waals surface area contributed by atoms with Crippen LogP contribution >= 0.6 is 0 Å². The molecule has 1 N–H and O–H groups in total. The van der Waals surface area contributed by atoms with E-state index >= 15 is 0 Å². The van der Waals surface area contributed by atoms with E-state index < -0.39 is 0 Å². The Labute approximate surface area is 128 Å². The second kappa shape index (κ2) is 8.49. The van der Waals surface area contributed by atoms with Crippen LogP contribution in [0.2, 0.25) is 0 Å². The fourth-order valence-electron chi connectivity index (χ4n) is 2.86. The zero-order valence-electron chi connectivity index (χ0n) is 13.3. The second-order valence-corrected chi connectivity index (χ2v) is 5.86. The van der Waals surface area contributed by atoms with Crippen molar-refractivity contribution in [2.45, 2.75) is 18.9 Å². The molecule has 0 aromatic heterocycles. The molecule has 4 nitrogen and oxygen atoms in total. The molecule has 0 aliphatic carbocycles. The summed E-state index contributed by atoms with van der Waals surface area (Å²) in [4.78, 5) is 2.49. The van der Waals surface area contributed by atoms with Crippen LogP contribution in [-0.2, 0) is 15.0 Å². The van der Waals surface area contributed by atoms with Gasteiger partial charge in [0.1, 0.15) is 0 Å². The number of methoxy groups -OCH3 is 1. The summed E-state index contributed by atoms with van der Waals surface area (Å²) in [6.07, 6.45) is 0.972. The van der Waals surface area contributed by atoms with E-state index in [0.29, 0.717) is 0 Å². The molecule has 0 radical (unpaired) electrons. The van der Waals surface area contributed by atoms with E-state index in [4.69, 9.17) is 9.47 Å². The van der Waals surface area contributed by atoms with Crippen LogP contribution in [0.4, 0.5) is 0 Å². The number of piperazine rings is 1. The molecule has 1 aromatic rings. The zero-order chi connectivity index (χ0) is 15.0. The minimum absolute atomic E-state index is 0.0373. The summed E-state index contributed by atoms with van der Waals surface area (Å²) in [5, 5.41) is 3.66. The van der Waals surface area contributed by atoms with Gasteiger partial charge in [-0.05, 0) is 18.9 Å². The first-order chi connectivity index (χ1) is 10.2. The summed E-state index contributed by atoms with van der Waals surface area (Å²) < 4.78 is 10.7. The number of hydrogen-bond donors (Lipinski definition) is 1. The van der Waals surface area contributed by atoms with Crippen molar-refractivity contribution in [1.82, 2.24) is 10.2 Å². The quantitative estimate of drug-likeness (QED) is 0.742. The van der Waals surface area contributed by atoms with Gasteiger partial charge in [0.25, 0.3) is 0 Å². The first-order valence-electron chi connectivity index (χ1n) is 7.84. The third kappa shape index (κ3) is 5.08. The van der Waals surface area contributed by atoms with E-state index in [2.05, 4.69) is 47.5 Å². The molecule has 1 aliphatic heterocycles. The molecule has 1 heterocycles. The number of nitrogens with zero attached hydrogens (tertiary/aromatic N) is 1. The lowest BCUT2D eigenvalue weighted by molar-refractivity contribution is 0.0649. The van der Waals surface area contributed by atoms with Crippen molar-refractivity contribution in [3.63, 3.8) is 0 Å². The van der Waals surface area contributed by atoms with Crippen molar-refractivity contribution in [3.8, 4) is 0 Å². The van der Waals surface area contributed by atoms with E-state index in [0.717, 1.165) is 52.4 Å². The SMILES string of the molecule is COCCCOCCN1CCNC(C)(c2ccccc2)C1. The number of ether oxygens (including phenoxy) is 2. The molecule has 0 amide bonds. The summed E-state index contributed by atoms with van der Waals surface area (Å²) in [6, 6.07) is 10.7. The van der Waals surface area contributed by atoms with Crippen LogP contribution in [0.25, 0.3) is 0 Å². The van der Waals surface area contributed by atoms with Crippen LogP contribution in [0.3, 0.4) is 0 Å². The minimum atomic E-state index is 0.0373. The van der Waals surface area contributed by atoms with Crippen LogP contribution in [0.5, 0.6) is 0 Å². The lowest BCUT2D eigenvalue weighted by Crippen LogP contribution is -2.57. The van der Waals surface area contributed by atoms with Crippen molar-refractivity contribution in [1.29, 1.82) is 0 Å². The molecule has 1 fully saturated rings. The highest BCUT2D eigenvalue weighted by Crippen LogP contribution is 2.23. The van der Waals surface area contributed by atoms with Gasteiger partial charge in [0.15, 0.2) is 0 Å². The van der Waals surface area contributed by atoms with Gasteiger partial charge in [0.05, 0.1) is 12.1 Å². The summed E-state index contributed by atoms with van der Waals surface area (Å²) in [6.45, 7) is 8.78. The molecule has 1 unspecified atom stereocenters. The number of nitrogens with one attached hydrogen (secondary N) is 1. The molecule has 0 spiro atoms. The van der Waals surface area contributed by atoms with Gasteiger partial charge in [-0.3, -0.25) is 4.90 Å². The third-order valence-electron chi connectivity index (χ3n) is 4.08. The van der Waals surface area contributed by atoms with Crippen LogP contribution < -0.4 is 5.32 Å². The first kappa shape index (κ1) is 16.4. The minimum Gasteiger partial charge on any atom is -0.385 e. The number of hydrogen-bond acceptors (Lipinski definition) is 4. The fraction of sp³-hybridized carbons (Fsp3) is 0.647. The average Bonchev–Trinajstić information content (AvgIpc) is 2.52. The van der Waals surface area contributed by atoms with E-state index in [1.165, 1.54) is 5.56 Å². The molecule has 118 valence electrons. The Morgan fingerprint density at radius 1 is 1.19 bits per heavy atom. The fourth-order valence-corrected chi connectivity index (χ4v) is 2.86. The van der Waals surface area contributed by atoms with Gasteiger partial charge < -0.3 is 14.8 Å². The van der Waals surface area contributed by atoms with Gasteiger partial charge in [0, 0.05) is 46.5 Å². The second-order valence-electron chi connectivity index (χ2n) is 5.86. The van der Waals surface area contributed by atoms with Crippen molar-refractivity contribution in [3.05, 3.63) is 35.9 Å². The molecule has 2 rings (SSSR count). The Kier molecular flexibility index (Phi) is 6.64. The Hall–Kier alpha value is -0.940. The van der Waals surface area contributed by atoms with Gasteiger partial charge in [-0.1, -0.05) is 30.3 Å². The lowest BCUT2D eigenvalue weighted by atomic mass is 9.90. The standard InChI is InChI=1S/C17H28N2O2/c1-17(16-7-4-3-5-8-16)15-19(10-9-18-17)11-14-21-13-6-12-20-2/h3-5,7-8,18H,6,9-15H2,1-2H3. The number of benzene rings is 1. The van der Waals surface area contributed by atoms with Crippen LogP contribution in [-0.4, -0.2) is 58.0 Å².